The zero-order valence-corrected chi connectivity index (χ0v) is 20.3. The van der Waals surface area contributed by atoms with E-state index in [9.17, 15) is 9.59 Å². The second-order valence-electron chi connectivity index (χ2n) is 7.80. The number of halogens is 1. The first-order valence-electron chi connectivity index (χ1n) is 10.9. The number of para-hydroxylation sites is 1. The molecule has 0 saturated carbocycles. The van der Waals surface area contributed by atoms with Crippen molar-refractivity contribution in [2.75, 3.05) is 19.0 Å². The summed E-state index contributed by atoms with van der Waals surface area (Å²) in [5.74, 6) is 0.438. The summed E-state index contributed by atoms with van der Waals surface area (Å²) in [6.45, 7) is -0.364. The van der Waals surface area contributed by atoms with E-state index in [1.807, 2.05) is 42.5 Å². The molecule has 5 rings (SSSR count). The van der Waals surface area contributed by atoms with Gasteiger partial charge in [0.1, 0.15) is 11.3 Å². The molecule has 7 heteroatoms. The lowest BCUT2D eigenvalue weighted by atomic mass is 10.1. The Hall–Kier alpha value is -4.10. The Morgan fingerprint density at radius 3 is 2.49 bits per heavy atom. The van der Waals surface area contributed by atoms with Crippen LogP contribution in [0.4, 0.5) is 5.69 Å². The van der Waals surface area contributed by atoms with Crippen LogP contribution in [0, 0.1) is 0 Å². The number of ether oxygens (including phenoxy) is 2. The average Bonchev–Trinajstić information content (AvgIpc) is 2.88. The second-order valence-corrected chi connectivity index (χ2v) is 8.65. The predicted octanol–water partition coefficient (Wildman–Crippen LogP) is 6.40. The van der Waals surface area contributed by atoms with Crippen molar-refractivity contribution in [2.24, 2.45) is 0 Å². The smallest absolute Gasteiger partial charge is 0.262 e. The zero-order chi connectivity index (χ0) is 24.4. The summed E-state index contributed by atoms with van der Waals surface area (Å²) < 4.78 is 17.9. The molecule has 0 fully saturated rings. The van der Waals surface area contributed by atoms with Gasteiger partial charge in [-0.25, -0.2) is 0 Å². The third-order valence-corrected chi connectivity index (χ3v) is 6.20. The van der Waals surface area contributed by atoms with Gasteiger partial charge in [-0.2, -0.15) is 0 Å². The Kier molecular flexibility index (Phi) is 6.25. The van der Waals surface area contributed by atoms with Gasteiger partial charge >= 0.3 is 0 Å². The molecular formula is C28H20BrNO5. The van der Waals surface area contributed by atoms with E-state index in [2.05, 4.69) is 21.2 Å². The van der Waals surface area contributed by atoms with Crippen molar-refractivity contribution in [3.63, 3.8) is 0 Å². The van der Waals surface area contributed by atoms with E-state index in [1.165, 1.54) is 0 Å². The summed E-state index contributed by atoms with van der Waals surface area (Å²) in [6.07, 6.45) is 0. The topological polar surface area (TPSA) is 77.8 Å². The molecule has 174 valence electrons. The highest BCUT2D eigenvalue weighted by Crippen LogP contribution is 2.35. The van der Waals surface area contributed by atoms with Crippen molar-refractivity contribution in [1.29, 1.82) is 0 Å². The van der Waals surface area contributed by atoms with Crippen molar-refractivity contribution in [1.82, 2.24) is 0 Å². The monoisotopic (exact) mass is 529 g/mol. The Morgan fingerprint density at radius 2 is 1.69 bits per heavy atom. The molecule has 0 unspecified atom stereocenters. The fourth-order valence-corrected chi connectivity index (χ4v) is 4.45. The lowest BCUT2D eigenvalue weighted by Crippen LogP contribution is -2.22. The molecule has 35 heavy (non-hydrogen) atoms. The normalized spacial score (nSPS) is 10.9. The molecule has 4 aromatic carbocycles. The predicted molar refractivity (Wildman–Crippen MR) is 140 cm³/mol. The van der Waals surface area contributed by atoms with E-state index >= 15 is 0 Å². The van der Waals surface area contributed by atoms with E-state index in [1.54, 1.807) is 49.6 Å². The number of carbonyl (C=O) groups is 1. The minimum Gasteiger partial charge on any atom is -0.496 e. The molecule has 6 nitrogen and oxygen atoms in total. The van der Waals surface area contributed by atoms with Crippen LogP contribution in [0.15, 0.2) is 98.6 Å². The van der Waals surface area contributed by atoms with Gasteiger partial charge in [0.2, 0.25) is 11.2 Å². The highest BCUT2D eigenvalue weighted by Gasteiger charge is 2.20. The molecule has 0 radical (unpaired) electrons. The standard InChI is InChI=1S/C28H20BrNO5/c1-33-24-14-13-18(15-21(24)29)27-28(26(32)20-10-4-5-12-23(20)35-27)34-16-25(31)30-22-11-6-8-17-7-2-3-9-19(17)22/h2-15H,16H2,1H3,(H,30,31). The summed E-state index contributed by atoms with van der Waals surface area (Å²) in [5.41, 5.74) is 1.34. The molecule has 0 aliphatic rings. The van der Waals surface area contributed by atoms with Crippen molar-refractivity contribution in [3.8, 4) is 22.8 Å². The van der Waals surface area contributed by atoms with Gasteiger partial charge in [-0.3, -0.25) is 9.59 Å². The summed E-state index contributed by atoms with van der Waals surface area (Å²) in [7, 11) is 1.57. The van der Waals surface area contributed by atoms with Crippen LogP contribution < -0.4 is 20.2 Å². The van der Waals surface area contributed by atoms with Gasteiger partial charge < -0.3 is 19.2 Å². The largest absolute Gasteiger partial charge is 0.496 e. The Balaban J connectivity index is 1.49. The Bertz CT molecular complexity index is 1620. The zero-order valence-electron chi connectivity index (χ0n) is 18.7. The van der Waals surface area contributed by atoms with Gasteiger partial charge in [0.05, 0.1) is 17.0 Å². The molecule has 1 amide bonds. The third-order valence-electron chi connectivity index (χ3n) is 5.58. The molecule has 0 saturated heterocycles. The number of carbonyl (C=O) groups excluding carboxylic acids is 1. The first kappa shape index (κ1) is 22.7. The number of benzene rings is 4. The first-order valence-corrected chi connectivity index (χ1v) is 11.6. The van der Waals surface area contributed by atoms with Crippen LogP contribution in [0.3, 0.4) is 0 Å². The van der Waals surface area contributed by atoms with Crippen molar-refractivity contribution < 1.29 is 18.7 Å². The number of hydrogen-bond acceptors (Lipinski definition) is 5. The quantitative estimate of drug-likeness (QED) is 0.275. The number of rotatable bonds is 6. The third kappa shape index (κ3) is 4.50. The van der Waals surface area contributed by atoms with Gasteiger partial charge in [0.25, 0.3) is 5.91 Å². The van der Waals surface area contributed by atoms with E-state index < -0.39 is 5.91 Å². The number of hydrogen-bond donors (Lipinski definition) is 1. The van der Waals surface area contributed by atoms with Crippen LogP contribution >= 0.6 is 15.9 Å². The molecule has 0 aliphatic heterocycles. The molecule has 5 aromatic rings. The number of amides is 1. The minimum atomic E-state index is -0.393. The van der Waals surface area contributed by atoms with E-state index in [0.717, 1.165) is 10.8 Å². The van der Waals surface area contributed by atoms with Crippen molar-refractivity contribution >= 4 is 49.3 Å². The van der Waals surface area contributed by atoms with Crippen LogP contribution in [0.1, 0.15) is 0 Å². The summed E-state index contributed by atoms with van der Waals surface area (Å²) in [4.78, 5) is 26.1. The maximum absolute atomic E-state index is 13.3. The van der Waals surface area contributed by atoms with Gasteiger partial charge in [0, 0.05) is 16.6 Å². The lowest BCUT2D eigenvalue weighted by molar-refractivity contribution is -0.118. The van der Waals surface area contributed by atoms with Crippen molar-refractivity contribution in [3.05, 3.63) is 99.6 Å². The number of anilines is 1. The van der Waals surface area contributed by atoms with Crippen LogP contribution in [0.5, 0.6) is 11.5 Å². The van der Waals surface area contributed by atoms with E-state index in [-0.39, 0.29) is 23.5 Å². The SMILES string of the molecule is COc1ccc(-c2oc3ccccc3c(=O)c2OCC(=O)Nc2cccc3ccccc23)cc1Br. The van der Waals surface area contributed by atoms with Gasteiger partial charge in [-0.15, -0.1) is 0 Å². The highest BCUT2D eigenvalue weighted by molar-refractivity contribution is 9.10. The maximum atomic E-state index is 13.3. The summed E-state index contributed by atoms with van der Waals surface area (Å²) in [6, 6.07) is 25.6. The molecule has 0 spiro atoms. The molecule has 0 aliphatic carbocycles. The molecule has 0 atom stereocenters. The molecule has 1 heterocycles. The molecular weight excluding hydrogens is 510 g/mol. The van der Waals surface area contributed by atoms with Crippen LogP contribution in [0.2, 0.25) is 0 Å². The minimum absolute atomic E-state index is 0.0335. The molecule has 0 bridgehead atoms. The van der Waals surface area contributed by atoms with E-state index in [4.69, 9.17) is 13.9 Å². The Labute approximate surface area is 209 Å². The van der Waals surface area contributed by atoms with Gasteiger partial charge in [-0.05, 0) is 57.7 Å². The van der Waals surface area contributed by atoms with Crippen LogP contribution in [-0.4, -0.2) is 19.6 Å². The van der Waals surface area contributed by atoms with Crippen molar-refractivity contribution in [2.45, 2.75) is 0 Å². The lowest BCUT2D eigenvalue weighted by Gasteiger charge is -2.13. The van der Waals surface area contributed by atoms with Crippen LogP contribution in [-0.2, 0) is 4.79 Å². The summed E-state index contributed by atoms with van der Waals surface area (Å²) >= 11 is 3.47. The number of methoxy groups -OCH3 is 1. The second kappa shape index (κ2) is 9.64. The molecule has 1 N–H and O–H groups in total. The van der Waals surface area contributed by atoms with Gasteiger partial charge in [-0.1, -0.05) is 48.5 Å². The first-order chi connectivity index (χ1) is 17.0. The summed E-state index contributed by atoms with van der Waals surface area (Å²) in [5, 5.41) is 5.17. The molecule has 1 aromatic heterocycles. The number of fused-ring (bicyclic) bond motifs is 2. The highest BCUT2D eigenvalue weighted by atomic mass is 79.9. The fourth-order valence-electron chi connectivity index (χ4n) is 3.91. The maximum Gasteiger partial charge on any atom is 0.262 e. The van der Waals surface area contributed by atoms with Crippen LogP contribution in [0.25, 0.3) is 33.1 Å². The average molecular weight is 530 g/mol. The van der Waals surface area contributed by atoms with E-state index in [0.29, 0.717) is 32.4 Å². The van der Waals surface area contributed by atoms with Gasteiger partial charge in [0.15, 0.2) is 12.4 Å². The number of nitrogens with one attached hydrogen (secondary N) is 1. The Morgan fingerprint density at radius 1 is 0.943 bits per heavy atom. The fraction of sp³-hybridized carbons (Fsp3) is 0.0714.